The zero-order valence-electron chi connectivity index (χ0n) is 16.6. The summed E-state index contributed by atoms with van der Waals surface area (Å²) in [6, 6.07) is 8.66. The largest absolute Gasteiger partial charge is 0.379 e. The summed E-state index contributed by atoms with van der Waals surface area (Å²) in [6.07, 6.45) is 1.56. The summed E-state index contributed by atoms with van der Waals surface area (Å²) in [7, 11) is 1.88. The normalized spacial score (nSPS) is 15.1. The number of guanidine groups is 1. The molecule has 1 saturated heterocycles. The van der Waals surface area contributed by atoms with Gasteiger partial charge in [0.25, 0.3) is 0 Å². The monoisotopic (exact) mass is 499 g/mol. The summed E-state index contributed by atoms with van der Waals surface area (Å²) >= 11 is 0. The predicted octanol–water partition coefficient (Wildman–Crippen LogP) is 1.52. The molecule has 0 amide bonds. The first-order valence-corrected chi connectivity index (χ1v) is 9.47. The third-order valence-electron chi connectivity index (χ3n) is 4.48. The molecular weight excluding hydrogens is 469 g/mol. The highest BCUT2D eigenvalue weighted by Gasteiger charge is 2.10. The van der Waals surface area contributed by atoms with Crippen LogP contribution in [0.5, 0.6) is 0 Å². The van der Waals surface area contributed by atoms with Crippen molar-refractivity contribution in [2.75, 3.05) is 32.8 Å². The van der Waals surface area contributed by atoms with E-state index in [9.17, 15) is 0 Å². The average Bonchev–Trinajstić information content (AvgIpc) is 3.10. The smallest absolute Gasteiger partial charge is 0.191 e. The lowest BCUT2D eigenvalue weighted by Gasteiger charge is -2.26. The first-order valence-electron chi connectivity index (χ1n) is 9.47. The Labute approximate surface area is 183 Å². The standard InChI is InChI=1S/C19H29N7O.HI/c1-3-20-19(22-13-18-23-15-24-25(18)2)21-12-16-5-4-6-17(11-16)14-26-7-9-27-10-8-26;/h4-6,11,15H,3,7-10,12-14H2,1-2H3,(H2,20,21,22);1H. The minimum atomic E-state index is 0. The number of rotatable bonds is 7. The van der Waals surface area contributed by atoms with E-state index in [0.717, 1.165) is 51.2 Å². The number of hydrogen-bond acceptors (Lipinski definition) is 5. The van der Waals surface area contributed by atoms with Crippen LogP contribution in [0.4, 0.5) is 0 Å². The van der Waals surface area contributed by atoms with Crippen molar-refractivity contribution in [2.45, 2.75) is 26.6 Å². The molecule has 0 atom stereocenters. The number of nitrogens with one attached hydrogen (secondary N) is 2. The lowest BCUT2D eigenvalue weighted by Crippen LogP contribution is -2.37. The van der Waals surface area contributed by atoms with Gasteiger partial charge in [0.1, 0.15) is 12.2 Å². The maximum atomic E-state index is 5.42. The van der Waals surface area contributed by atoms with Crippen LogP contribution in [0.25, 0.3) is 0 Å². The van der Waals surface area contributed by atoms with Gasteiger partial charge in [-0.1, -0.05) is 24.3 Å². The fourth-order valence-corrected chi connectivity index (χ4v) is 3.00. The molecule has 1 aliphatic rings. The Morgan fingerprint density at radius 2 is 2.00 bits per heavy atom. The van der Waals surface area contributed by atoms with Gasteiger partial charge in [-0.2, -0.15) is 5.10 Å². The summed E-state index contributed by atoms with van der Waals surface area (Å²) < 4.78 is 7.18. The summed E-state index contributed by atoms with van der Waals surface area (Å²) in [5.41, 5.74) is 2.53. The van der Waals surface area contributed by atoms with Crippen molar-refractivity contribution >= 4 is 29.9 Å². The molecule has 1 aliphatic heterocycles. The fraction of sp³-hybridized carbons (Fsp3) is 0.526. The summed E-state index contributed by atoms with van der Waals surface area (Å²) in [6.45, 7) is 8.69. The molecule has 0 saturated carbocycles. The Hall–Kier alpha value is -1.72. The van der Waals surface area contributed by atoms with Crippen molar-refractivity contribution in [3.8, 4) is 0 Å². The highest BCUT2D eigenvalue weighted by molar-refractivity contribution is 14.0. The molecular formula is C19H30IN7O. The first-order chi connectivity index (χ1) is 13.2. The first kappa shape index (κ1) is 22.6. The second kappa shape index (κ2) is 12.0. The van der Waals surface area contributed by atoms with Gasteiger partial charge >= 0.3 is 0 Å². The lowest BCUT2D eigenvalue weighted by molar-refractivity contribution is 0.0342. The van der Waals surface area contributed by atoms with E-state index < -0.39 is 0 Å². The van der Waals surface area contributed by atoms with Gasteiger partial charge in [0.15, 0.2) is 5.96 Å². The molecule has 3 rings (SSSR count). The van der Waals surface area contributed by atoms with Gasteiger partial charge in [-0.3, -0.25) is 9.58 Å². The van der Waals surface area contributed by atoms with Gasteiger partial charge in [0, 0.05) is 33.2 Å². The van der Waals surface area contributed by atoms with Crippen LogP contribution < -0.4 is 10.6 Å². The van der Waals surface area contributed by atoms with Crippen LogP contribution in [-0.4, -0.2) is 58.5 Å². The van der Waals surface area contributed by atoms with Gasteiger partial charge < -0.3 is 15.4 Å². The highest BCUT2D eigenvalue weighted by atomic mass is 127. The number of morpholine rings is 1. The van der Waals surface area contributed by atoms with Crippen molar-refractivity contribution < 1.29 is 4.74 Å². The van der Waals surface area contributed by atoms with Gasteiger partial charge in [0.05, 0.1) is 26.3 Å². The SMILES string of the molecule is CCNC(=NCc1cccc(CN2CCOCC2)c1)NCc1ncnn1C.I. The van der Waals surface area contributed by atoms with Gasteiger partial charge in [0.2, 0.25) is 0 Å². The maximum Gasteiger partial charge on any atom is 0.191 e. The minimum Gasteiger partial charge on any atom is -0.379 e. The zero-order chi connectivity index (χ0) is 18.9. The van der Waals surface area contributed by atoms with Gasteiger partial charge in [-0.15, -0.1) is 24.0 Å². The van der Waals surface area contributed by atoms with E-state index in [-0.39, 0.29) is 24.0 Å². The molecule has 2 aromatic rings. The zero-order valence-corrected chi connectivity index (χ0v) is 18.9. The quantitative estimate of drug-likeness (QED) is 0.342. The highest BCUT2D eigenvalue weighted by Crippen LogP contribution is 2.11. The van der Waals surface area contributed by atoms with E-state index in [1.807, 2.05) is 7.05 Å². The third-order valence-corrected chi connectivity index (χ3v) is 4.48. The van der Waals surface area contributed by atoms with Crippen molar-refractivity contribution in [1.29, 1.82) is 0 Å². The number of aliphatic imine (C=N–C) groups is 1. The van der Waals surface area contributed by atoms with Crippen LogP contribution in [0.3, 0.4) is 0 Å². The predicted molar refractivity (Wildman–Crippen MR) is 121 cm³/mol. The second-order valence-corrected chi connectivity index (χ2v) is 6.56. The van der Waals surface area contributed by atoms with E-state index in [0.29, 0.717) is 13.1 Å². The van der Waals surface area contributed by atoms with Gasteiger partial charge in [-0.25, -0.2) is 9.98 Å². The van der Waals surface area contributed by atoms with E-state index in [1.54, 1.807) is 11.0 Å². The Bertz CT molecular complexity index is 743. The summed E-state index contributed by atoms with van der Waals surface area (Å²) in [4.78, 5) is 11.4. The Morgan fingerprint density at radius 1 is 1.21 bits per heavy atom. The number of nitrogens with zero attached hydrogens (tertiary/aromatic N) is 5. The molecule has 2 heterocycles. The van der Waals surface area contributed by atoms with E-state index in [2.05, 4.69) is 56.8 Å². The maximum absolute atomic E-state index is 5.42. The van der Waals surface area contributed by atoms with E-state index in [1.165, 1.54) is 11.1 Å². The molecule has 1 fully saturated rings. The number of hydrogen-bond donors (Lipinski definition) is 2. The molecule has 0 radical (unpaired) electrons. The molecule has 154 valence electrons. The number of aromatic nitrogens is 3. The average molecular weight is 499 g/mol. The molecule has 9 heteroatoms. The van der Waals surface area contributed by atoms with Gasteiger partial charge in [-0.05, 0) is 18.1 Å². The molecule has 0 bridgehead atoms. The number of aryl methyl sites for hydroxylation is 1. The fourth-order valence-electron chi connectivity index (χ4n) is 3.00. The van der Waals surface area contributed by atoms with Crippen LogP contribution in [-0.2, 0) is 31.4 Å². The summed E-state index contributed by atoms with van der Waals surface area (Å²) in [5.74, 6) is 1.65. The molecule has 1 aromatic carbocycles. The van der Waals surface area contributed by atoms with Crippen LogP contribution in [0.15, 0.2) is 35.6 Å². The molecule has 0 spiro atoms. The molecule has 2 N–H and O–H groups in total. The van der Waals surface area contributed by atoms with E-state index in [4.69, 9.17) is 9.73 Å². The third kappa shape index (κ3) is 7.02. The lowest BCUT2D eigenvalue weighted by atomic mass is 10.1. The summed E-state index contributed by atoms with van der Waals surface area (Å²) in [5, 5.41) is 10.7. The van der Waals surface area contributed by atoms with Crippen molar-refractivity contribution in [3.63, 3.8) is 0 Å². The Kier molecular flexibility index (Phi) is 9.65. The second-order valence-electron chi connectivity index (χ2n) is 6.56. The number of ether oxygens (including phenoxy) is 1. The Morgan fingerprint density at radius 3 is 2.71 bits per heavy atom. The molecule has 28 heavy (non-hydrogen) atoms. The molecule has 0 aliphatic carbocycles. The molecule has 0 unspecified atom stereocenters. The number of benzene rings is 1. The van der Waals surface area contributed by atoms with Crippen molar-refractivity contribution in [2.24, 2.45) is 12.0 Å². The molecule has 8 nitrogen and oxygen atoms in total. The van der Waals surface area contributed by atoms with Crippen LogP contribution in [0.1, 0.15) is 23.9 Å². The topological polar surface area (TPSA) is 79.6 Å². The van der Waals surface area contributed by atoms with Crippen molar-refractivity contribution in [3.05, 3.63) is 47.5 Å². The van der Waals surface area contributed by atoms with E-state index >= 15 is 0 Å². The molecule has 1 aromatic heterocycles. The minimum absolute atomic E-state index is 0. The van der Waals surface area contributed by atoms with Crippen LogP contribution in [0, 0.1) is 0 Å². The van der Waals surface area contributed by atoms with Crippen LogP contribution >= 0.6 is 24.0 Å². The Balaban J connectivity index is 0.00000280. The van der Waals surface area contributed by atoms with Crippen molar-refractivity contribution in [1.82, 2.24) is 30.3 Å². The number of halogens is 1. The van der Waals surface area contributed by atoms with Crippen LogP contribution in [0.2, 0.25) is 0 Å².